The van der Waals surface area contributed by atoms with Crippen LogP contribution in [0, 0.1) is 11.8 Å². The van der Waals surface area contributed by atoms with Gasteiger partial charge in [0.05, 0.1) is 7.11 Å². The Labute approximate surface area is 207 Å². The average Bonchev–Trinajstić information content (AvgIpc) is 3.32. The third-order valence-corrected chi connectivity index (χ3v) is 8.18. The number of piperidine rings is 1. The van der Waals surface area contributed by atoms with Crippen LogP contribution in [0.25, 0.3) is 0 Å². The van der Waals surface area contributed by atoms with Gasteiger partial charge in [-0.3, -0.25) is 14.4 Å². The van der Waals surface area contributed by atoms with Crippen molar-refractivity contribution in [2.75, 3.05) is 20.2 Å². The quantitative estimate of drug-likeness (QED) is 0.595. The Morgan fingerprint density at radius 2 is 1.51 bits per heavy atom. The summed E-state index contributed by atoms with van der Waals surface area (Å²) in [6, 6.07) is 16.3. The Hall–Kier alpha value is -3.15. The number of carbonyl (C=O) groups excluding carboxylic acids is 3. The fourth-order valence-electron chi connectivity index (χ4n) is 6.27. The second-order valence-corrected chi connectivity index (χ2v) is 10.1. The van der Waals surface area contributed by atoms with Crippen molar-refractivity contribution in [3.63, 3.8) is 0 Å². The van der Waals surface area contributed by atoms with E-state index in [9.17, 15) is 14.4 Å². The van der Waals surface area contributed by atoms with Crippen molar-refractivity contribution in [1.29, 1.82) is 0 Å². The van der Waals surface area contributed by atoms with Gasteiger partial charge in [0.15, 0.2) is 5.78 Å². The van der Waals surface area contributed by atoms with E-state index >= 15 is 0 Å². The molecule has 6 nitrogen and oxygen atoms in total. The van der Waals surface area contributed by atoms with Crippen LogP contribution in [0.3, 0.4) is 0 Å². The third-order valence-electron chi connectivity index (χ3n) is 8.18. The molecule has 35 heavy (non-hydrogen) atoms. The Morgan fingerprint density at radius 3 is 2.20 bits per heavy atom. The van der Waals surface area contributed by atoms with Crippen molar-refractivity contribution in [3.05, 3.63) is 65.7 Å². The molecule has 0 radical (unpaired) electrons. The summed E-state index contributed by atoms with van der Waals surface area (Å²) in [6.07, 6.45) is 6.42. The van der Waals surface area contributed by atoms with Crippen molar-refractivity contribution < 1.29 is 19.1 Å². The standard InChI is InChI=1S/C29H34N2O4/c1-35-24-13-11-20(12-14-24)27(32)21-15-17-30(18-16-21)29(34)26-19-23-9-5-6-10-25(23)31(26)28(33)22-7-3-2-4-8-22/h2-4,7-8,11-14,21,23,25-26H,5-6,9-10,15-19H2,1H3. The normalized spacial score (nSPS) is 24.7. The van der Waals surface area contributed by atoms with Crippen molar-refractivity contribution in [2.45, 2.75) is 57.0 Å². The van der Waals surface area contributed by atoms with E-state index in [-0.39, 0.29) is 29.6 Å². The summed E-state index contributed by atoms with van der Waals surface area (Å²) in [6.45, 7) is 1.12. The van der Waals surface area contributed by atoms with Gasteiger partial charge >= 0.3 is 0 Å². The molecule has 1 saturated carbocycles. The van der Waals surface area contributed by atoms with E-state index < -0.39 is 6.04 Å². The minimum atomic E-state index is -0.398. The monoisotopic (exact) mass is 474 g/mol. The number of Topliss-reactive ketones (excluding diaryl/α,β-unsaturated/α-hetero) is 1. The number of carbonyl (C=O) groups is 3. The van der Waals surface area contributed by atoms with Gasteiger partial charge in [0.25, 0.3) is 5.91 Å². The van der Waals surface area contributed by atoms with Crippen LogP contribution < -0.4 is 4.74 Å². The highest BCUT2D eigenvalue weighted by Gasteiger charge is 2.48. The largest absolute Gasteiger partial charge is 0.497 e. The van der Waals surface area contributed by atoms with Gasteiger partial charge < -0.3 is 14.5 Å². The number of likely N-dealkylation sites (tertiary alicyclic amines) is 2. The highest BCUT2D eigenvalue weighted by atomic mass is 16.5. The smallest absolute Gasteiger partial charge is 0.254 e. The number of benzene rings is 2. The van der Waals surface area contributed by atoms with Gasteiger partial charge in [0.1, 0.15) is 11.8 Å². The highest BCUT2D eigenvalue weighted by Crippen LogP contribution is 2.41. The Morgan fingerprint density at radius 1 is 0.829 bits per heavy atom. The summed E-state index contributed by atoms with van der Waals surface area (Å²) in [5.41, 5.74) is 1.34. The molecular weight excluding hydrogens is 440 g/mol. The molecular formula is C29H34N2O4. The third kappa shape index (κ3) is 4.71. The van der Waals surface area contributed by atoms with Crippen LogP contribution in [0.15, 0.2) is 54.6 Å². The van der Waals surface area contributed by atoms with Gasteiger partial charge in [-0.25, -0.2) is 0 Å². The Bertz CT molecular complexity index is 1060. The summed E-state index contributed by atoms with van der Waals surface area (Å²) >= 11 is 0. The van der Waals surface area contributed by atoms with E-state index in [2.05, 4.69) is 0 Å². The summed E-state index contributed by atoms with van der Waals surface area (Å²) in [5, 5.41) is 0. The van der Waals surface area contributed by atoms with Crippen molar-refractivity contribution in [2.24, 2.45) is 11.8 Å². The number of nitrogens with zero attached hydrogens (tertiary/aromatic N) is 2. The van der Waals surface area contributed by atoms with E-state index in [1.54, 1.807) is 7.11 Å². The van der Waals surface area contributed by atoms with Crippen LogP contribution in [-0.4, -0.2) is 59.7 Å². The molecule has 2 saturated heterocycles. The summed E-state index contributed by atoms with van der Waals surface area (Å²) in [5.74, 6) is 1.21. The molecule has 2 aliphatic heterocycles. The average molecular weight is 475 g/mol. The number of ether oxygens (including phenoxy) is 1. The van der Waals surface area contributed by atoms with Crippen LogP contribution in [0.2, 0.25) is 0 Å². The van der Waals surface area contributed by atoms with Gasteiger partial charge in [-0.2, -0.15) is 0 Å². The first-order valence-electron chi connectivity index (χ1n) is 12.9. The maximum absolute atomic E-state index is 13.7. The molecule has 3 fully saturated rings. The van der Waals surface area contributed by atoms with Gasteiger partial charge in [0.2, 0.25) is 5.91 Å². The molecule has 2 heterocycles. The zero-order chi connectivity index (χ0) is 24.4. The second kappa shape index (κ2) is 10.2. The molecule has 2 aromatic carbocycles. The molecule has 0 N–H and O–H groups in total. The summed E-state index contributed by atoms with van der Waals surface area (Å²) < 4.78 is 5.19. The first-order chi connectivity index (χ1) is 17.1. The SMILES string of the molecule is COc1ccc(C(=O)C2CCN(C(=O)C3CC4CCCCC4N3C(=O)c3ccccc3)CC2)cc1. The van der Waals surface area contributed by atoms with E-state index in [4.69, 9.17) is 4.74 Å². The number of hydrogen-bond donors (Lipinski definition) is 0. The first kappa shape index (κ1) is 23.6. The summed E-state index contributed by atoms with van der Waals surface area (Å²) in [4.78, 5) is 44.1. The van der Waals surface area contributed by atoms with Crippen LogP contribution in [0.4, 0.5) is 0 Å². The molecule has 3 atom stereocenters. The van der Waals surface area contributed by atoms with E-state index in [1.807, 2.05) is 64.4 Å². The minimum absolute atomic E-state index is 0.0251. The van der Waals surface area contributed by atoms with Crippen LogP contribution in [0.1, 0.15) is 65.7 Å². The number of amides is 2. The Balaban J connectivity index is 1.27. The molecule has 0 aromatic heterocycles. The first-order valence-corrected chi connectivity index (χ1v) is 12.9. The molecule has 2 amide bonds. The minimum Gasteiger partial charge on any atom is -0.497 e. The molecule has 1 aliphatic carbocycles. The number of ketones is 1. The summed E-state index contributed by atoms with van der Waals surface area (Å²) in [7, 11) is 1.61. The lowest BCUT2D eigenvalue weighted by Crippen LogP contribution is -2.52. The van der Waals surface area contributed by atoms with Gasteiger partial charge in [-0.05, 0) is 74.4 Å². The van der Waals surface area contributed by atoms with Crippen LogP contribution >= 0.6 is 0 Å². The van der Waals surface area contributed by atoms with Crippen molar-refractivity contribution in [3.8, 4) is 5.75 Å². The lowest BCUT2D eigenvalue weighted by molar-refractivity contribution is -0.136. The maximum Gasteiger partial charge on any atom is 0.254 e. The van der Waals surface area contributed by atoms with Gasteiger partial charge in [0, 0.05) is 36.2 Å². The zero-order valence-corrected chi connectivity index (χ0v) is 20.4. The number of hydrogen-bond acceptors (Lipinski definition) is 4. The molecule has 3 aliphatic rings. The maximum atomic E-state index is 13.7. The fraction of sp³-hybridized carbons (Fsp3) is 0.483. The highest BCUT2D eigenvalue weighted by molar-refractivity contribution is 5.99. The lowest BCUT2D eigenvalue weighted by Gasteiger charge is -2.37. The van der Waals surface area contributed by atoms with Gasteiger partial charge in [-0.15, -0.1) is 0 Å². The van der Waals surface area contributed by atoms with E-state index in [0.29, 0.717) is 43.0 Å². The van der Waals surface area contributed by atoms with Crippen molar-refractivity contribution >= 4 is 17.6 Å². The fourth-order valence-corrected chi connectivity index (χ4v) is 6.27. The van der Waals surface area contributed by atoms with E-state index in [0.717, 1.165) is 31.4 Å². The molecule has 0 spiro atoms. The lowest BCUT2D eigenvalue weighted by atomic mass is 9.84. The number of fused-ring (bicyclic) bond motifs is 1. The zero-order valence-electron chi connectivity index (χ0n) is 20.4. The predicted octanol–water partition coefficient (Wildman–Crippen LogP) is 4.59. The molecule has 5 rings (SSSR count). The molecule has 2 aromatic rings. The molecule has 3 unspecified atom stereocenters. The van der Waals surface area contributed by atoms with Gasteiger partial charge in [-0.1, -0.05) is 31.0 Å². The van der Waals surface area contributed by atoms with Crippen LogP contribution in [-0.2, 0) is 4.79 Å². The second-order valence-electron chi connectivity index (χ2n) is 10.1. The van der Waals surface area contributed by atoms with E-state index in [1.165, 1.54) is 6.42 Å². The molecule has 6 heteroatoms. The number of methoxy groups -OCH3 is 1. The molecule has 0 bridgehead atoms. The Kier molecular flexibility index (Phi) is 6.89. The van der Waals surface area contributed by atoms with Crippen molar-refractivity contribution in [1.82, 2.24) is 9.80 Å². The molecule has 184 valence electrons. The topological polar surface area (TPSA) is 66.9 Å². The number of rotatable bonds is 5. The van der Waals surface area contributed by atoms with Crippen LogP contribution in [0.5, 0.6) is 5.75 Å². The predicted molar refractivity (Wildman–Crippen MR) is 133 cm³/mol.